The van der Waals surface area contributed by atoms with Crippen molar-refractivity contribution in [2.75, 3.05) is 12.3 Å². The average molecular weight is 235 g/mol. The molecule has 2 rings (SSSR count). The van der Waals surface area contributed by atoms with Crippen LogP contribution in [0.1, 0.15) is 50.3 Å². The minimum Gasteiger partial charge on any atom is -0.310 e. The van der Waals surface area contributed by atoms with E-state index in [1.165, 1.54) is 28.2 Å². The fourth-order valence-electron chi connectivity index (χ4n) is 2.23. The number of thioether (sulfide) groups is 1. The van der Waals surface area contributed by atoms with Crippen LogP contribution in [0.25, 0.3) is 0 Å². The molecule has 2 heteroatoms. The van der Waals surface area contributed by atoms with Crippen molar-refractivity contribution in [2.24, 2.45) is 0 Å². The molecule has 0 spiro atoms. The van der Waals surface area contributed by atoms with Crippen molar-refractivity contribution < 1.29 is 0 Å². The number of fused-ring (bicyclic) bond motifs is 1. The molecular formula is C14H21NS. The minimum atomic E-state index is 0.569. The van der Waals surface area contributed by atoms with Gasteiger partial charge in [-0.3, -0.25) is 0 Å². The summed E-state index contributed by atoms with van der Waals surface area (Å²) in [6.07, 6.45) is 1.26. The van der Waals surface area contributed by atoms with Gasteiger partial charge in [0.25, 0.3) is 0 Å². The third-order valence-corrected chi connectivity index (χ3v) is 4.31. The molecule has 1 heterocycles. The lowest BCUT2D eigenvalue weighted by Gasteiger charge is -2.26. The molecule has 0 aromatic heterocycles. The Morgan fingerprint density at radius 3 is 2.94 bits per heavy atom. The van der Waals surface area contributed by atoms with Crippen LogP contribution in [0.5, 0.6) is 0 Å². The molecular weight excluding hydrogens is 214 g/mol. The van der Waals surface area contributed by atoms with Gasteiger partial charge >= 0.3 is 0 Å². The monoisotopic (exact) mass is 235 g/mol. The van der Waals surface area contributed by atoms with E-state index in [0.717, 1.165) is 6.54 Å². The molecule has 1 aromatic carbocycles. The van der Waals surface area contributed by atoms with E-state index in [-0.39, 0.29) is 0 Å². The molecule has 0 saturated carbocycles. The van der Waals surface area contributed by atoms with Gasteiger partial charge < -0.3 is 5.32 Å². The van der Waals surface area contributed by atoms with Gasteiger partial charge in [0.15, 0.2) is 0 Å². The Balaban J connectivity index is 2.32. The van der Waals surface area contributed by atoms with Crippen LogP contribution in [0.2, 0.25) is 0 Å². The molecule has 0 saturated heterocycles. The zero-order chi connectivity index (χ0) is 11.5. The van der Waals surface area contributed by atoms with Crippen LogP contribution in [0, 0.1) is 0 Å². The Hall–Kier alpha value is -0.470. The maximum Gasteiger partial charge on any atom is 0.0339 e. The van der Waals surface area contributed by atoms with Gasteiger partial charge in [-0.2, -0.15) is 0 Å². The zero-order valence-electron chi connectivity index (χ0n) is 10.4. The quantitative estimate of drug-likeness (QED) is 0.851. The van der Waals surface area contributed by atoms with E-state index in [1.54, 1.807) is 0 Å². The molecule has 0 radical (unpaired) electrons. The standard InChI is InChI=1S/C14H21NS/c1-4-15-13-7-8-16-14-6-5-11(10(2)3)9-12(13)14/h5-6,9-10,13,15H,4,7-8H2,1-3H3. The van der Waals surface area contributed by atoms with Crippen molar-refractivity contribution in [1.82, 2.24) is 5.32 Å². The van der Waals surface area contributed by atoms with Crippen LogP contribution in [0.15, 0.2) is 23.1 Å². The molecule has 16 heavy (non-hydrogen) atoms. The van der Waals surface area contributed by atoms with Crippen LogP contribution < -0.4 is 5.32 Å². The zero-order valence-corrected chi connectivity index (χ0v) is 11.2. The van der Waals surface area contributed by atoms with Crippen molar-refractivity contribution in [3.8, 4) is 0 Å². The first-order valence-corrected chi connectivity index (χ1v) is 7.21. The van der Waals surface area contributed by atoms with Crippen LogP contribution >= 0.6 is 11.8 Å². The highest BCUT2D eigenvalue weighted by Gasteiger charge is 2.20. The highest BCUT2D eigenvalue weighted by atomic mass is 32.2. The summed E-state index contributed by atoms with van der Waals surface area (Å²) in [5.41, 5.74) is 2.98. The normalized spacial score (nSPS) is 19.9. The highest BCUT2D eigenvalue weighted by Crippen LogP contribution is 2.37. The van der Waals surface area contributed by atoms with Gasteiger partial charge in [-0.05, 0) is 41.8 Å². The molecule has 88 valence electrons. The Labute approximate surface area is 103 Å². The summed E-state index contributed by atoms with van der Waals surface area (Å²) in [4.78, 5) is 1.47. The third kappa shape index (κ3) is 2.44. The third-order valence-electron chi connectivity index (χ3n) is 3.19. The summed E-state index contributed by atoms with van der Waals surface area (Å²) in [6, 6.07) is 7.56. The van der Waals surface area contributed by atoms with Crippen molar-refractivity contribution in [3.63, 3.8) is 0 Å². The topological polar surface area (TPSA) is 12.0 Å². The van der Waals surface area contributed by atoms with Gasteiger partial charge in [0.05, 0.1) is 0 Å². The first kappa shape index (κ1) is 12.0. The molecule has 1 aromatic rings. The lowest BCUT2D eigenvalue weighted by molar-refractivity contribution is 0.526. The van der Waals surface area contributed by atoms with Gasteiger partial charge in [0, 0.05) is 10.9 Å². The summed E-state index contributed by atoms with van der Waals surface area (Å²) in [6.45, 7) is 7.77. The summed E-state index contributed by atoms with van der Waals surface area (Å²) in [5.74, 6) is 1.87. The van der Waals surface area contributed by atoms with E-state index >= 15 is 0 Å². The van der Waals surface area contributed by atoms with Crippen molar-refractivity contribution in [1.29, 1.82) is 0 Å². The molecule has 1 aliphatic heterocycles. The first-order chi connectivity index (χ1) is 7.72. The van der Waals surface area contributed by atoms with Crippen LogP contribution in [-0.2, 0) is 0 Å². The molecule has 1 aliphatic rings. The molecule has 0 amide bonds. The SMILES string of the molecule is CCNC1CCSc2ccc(C(C)C)cc21. The van der Waals surface area contributed by atoms with E-state index in [0.29, 0.717) is 12.0 Å². The Morgan fingerprint density at radius 2 is 2.25 bits per heavy atom. The summed E-state index contributed by atoms with van der Waals surface area (Å²) >= 11 is 2.00. The molecule has 0 fully saturated rings. The number of hydrogen-bond donors (Lipinski definition) is 1. The Bertz CT molecular complexity index is 360. The average Bonchev–Trinajstić information content (AvgIpc) is 2.29. The van der Waals surface area contributed by atoms with Crippen LogP contribution in [0.3, 0.4) is 0 Å². The minimum absolute atomic E-state index is 0.569. The Kier molecular flexibility index (Phi) is 3.93. The maximum atomic E-state index is 3.59. The highest BCUT2D eigenvalue weighted by molar-refractivity contribution is 7.99. The maximum absolute atomic E-state index is 3.59. The molecule has 0 bridgehead atoms. The van der Waals surface area contributed by atoms with Gasteiger partial charge in [-0.1, -0.05) is 32.9 Å². The molecule has 0 aliphatic carbocycles. The summed E-state index contributed by atoms with van der Waals surface area (Å²) in [7, 11) is 0. The number of hydrogen-bond acceptors (Lipinski definition) is 2. The van der Waals surface area contributed by atoms with Gasteiger partial charge in [-0.25, -0.2) is 0 Å². The molecule has 1 N–H and O–H groups in total. The molecule has 1 unspecified atom stereocenters. The fourth-order valence-corrected chi connectivity index (χ4v) is 3.34. The van der Waals surface area contributed by atoms with E-state index < -0.39 is 0 Å². The summed E-state index contributed by atoms with van der Waals surface area (Å²) < 4.78 is 0. The van der Waals surface area contributed by atoms with E-state index in [4.69, 9.17) is 0 Å². The Morgan fingerprint density at radius 1 is 1.44 bits per heavy atom. The second-order valence-corrected chi connectivity index (χ2v) is 5.84. The predicted octanol–water partition coefficient (Wildman–Crippen LogP) is 3.96. The number of rotatable bonds is 3. The molecule has 1 nitrogen and oxygen atoms in total. The fraction of sp³-hybridized carbons (Fsp3) is 0.571. The van der Waals surface area contributed by atoms with E-state index in [9.17, 15) is 0 Å². The first-order valence-electron chi connectivity index (χ1n) is 6.22. The van der Waals surface area contributed by atoms with Gasteiger partial charge in [0.2, 0.25) is 0 Å². The largest absolute Gasteiger partial charge is 0.310 e. The smallest absolute Gasteiger partial charge is 0.0339 e. The van der Waals surface area contributed by atoms with Crippen LogP contribution in [-0.4, -0.2) is 12.3 Å². The van der Waals surface area contributed by atoms with Crippen molar-refractivity contribution >= 4 is 11.8 Å². The predicted molar refractivity (Wildman–Crippen MR) is 72.3 cm³/mol. The lowest BCUT2D eigenvalue weighted by atomic mass is 9.96. The van der Waals surface area contributed by atoms with Crippen molar-refractivity contribution in [3.05, 3.63) is 29.3 Å². The number of nitrogens with one attached hydrogen (secondary N) is 1. The lowest BCUT2D eigenvalue weighted by Crippen LogP contribution is -2.24. The van der Waals surface area contributed by atoms with Crippen LogP contribution in [0.4, 0.5) is 0 Å². The van der Waals surface area contributed by atoms with Crippen molar-refractivity contribution in [2.45, 2.75) is 44.0 Å². The molecule has 1 atom stereocenters. The van der Waals surface area contributed by atoms with E-state index in [1.807, 2.05) is 11.8 Å². The summed E-state index contributed by atoms with van der Waals surface area (Å²) in [5, 5.41) is 3.59. The van der Waals surface area contributed by atoms with Gasteiger partial charge in [-0.15, -0.1) is 11.8 Å². The number of benzene rings is 1. The second kappa shape index (κ2) is 5.24. The van der Waals surface area contributed by atoms with E-state index in [2.05, 4.69) is 44.3 Å². The van der Waals surface area contributed by atoms with Gasteiger partial charge in [0.1, 0.15) is 0 Å². The second-order valence-electron chi connectivity index (χ2n) is 4.70.